The maximum Gasteiger partial charge on any atom is 0.574 e. The first-order valence-electron chi connectivity index (χ1n) is 5.25. The lowest BCUT2D eigenvalue weighted by molar-refractivity contribution is -0.276. The molecule has 0 bridgehead atoms. The second kappa shape index (κ2) is 6.78. The van der Waals surface area contributed by atoms with Crippen molar-refractivity contribution in [2.45, 2.75) is 18.1 Å². The number of carbonyl (C=O) groups excluding carboxylic acids is 1. The van der Waals surface area contributed by atoms with Gasteiger partial charge in [-0.15, -0.1) is 13.2 Å². The molecule has 0 aliphatic carbocycles. The largest absolute Gasteiger partial charge is 0.574 e. The van der Waals surface area contributed by atoms with Crippen molar-refractivity contribution in [3.63, 3.8) is 0 Å². The smallest absolute Gasteiger partial charge is 0.491 e. The van der Waals surface area contributed by atoms with Crippen LogP contribution in [0.3, 0.4) is 0 Å². The highest BCUT2D eigenvalue weighted by Crippen LogP contribution is 2.35. The minimum Gasteiger partial charge on any atom is -0.491 e. The van der Waals surface area contributed by atoms with Crippen molar-refractivity contribution in [1.82, 2.24) is 4.98 Å². The Bertz CT molecular complexity index is 493. The van der Waals surface area contributed by atoms with Crippen molar-refractivity contribution in [2.24, 2.45) is 0 Å². The minimum absolute atomic E-state index is 0.227. The van der Waals surface area contributed by atoms with E-state index in [-0.39, 0.29) is 23.1 Å². The van der Waals surface area contributed by atoms with Gasteiger partial charge in [0.25, 0.3) is 5.88 Å². The summed E-state index contributed by atoms with van der Waals surface area (Å²) in [6.45, 7) is 0. The zero-order valence-electron chi connectivity index (χ0n) is 10.6. The Labute approximate surface area is 121 Å². The number of pyridine rings is 1. The fourth-order valence-corrected chi connectivity index (χ4v) is 1.95. The molecule has 0 radical (unpaired) electrons. The van der Waals surface area contributed by atoms with Crippen LogP contribution in [0, 0.1) is 0 Å². The molecule has 5 nitrogen and oxygen atoms in total. The van der Waals surface area contributed by atoms with Crippen LogP contribution in [0.5, 0.6) is 11.6 Å². The first kappa shape index (κ1) is 16.5. The maximum atomic E-state index is 12.3. The van der Waals surface area contributed by atoms with Gasteiger partial charge in [0.1, 0.15) is 0 Å². The molecule has 112 valence electrons. The molecular formula is C11H11BrF3NO4. The lowest BCUT2D eigenvalue weighted by Gasteiger charge is -2.16. The quantitative estimate of drug-likeness (QED) is 0.598. The molecular weight excluding hydrogens is 347 g/mol. The van der Waals surface area contributed by atoms with Gasteiger partial charge in [-0.25, -0.2) is 4.98 Å². The number of aromatic nitrogens is 1. The molecule has 0 unspecified atom stereocenters. The van der Waals surface area contributed by atoms with Gasteiger partial charge in [0.05, 0.1) is 20.6 Å². The standard InChI is InChI=1S/C11H11BrF3NO4/c1-18-8(17)3-7-6(4-12)5-16-10(9(7)19-2)20-11(13,14)15/h5H,3-4H2,1-2H3. The molecule has 0 amide bonds. The fourth-order valence-electron chi connectivity index (χ4n) is 1.47. The molecule has 9 heteroatoms. The Morgan fingerprint density at radius 1 is 1.40 bits per heavy atom. The lowest BCUT2D eigenvalue weighted by Crippen LogP contribution is -2.19. The second-order valence-electron chi connectivity index (χ2n) is 3.53. The van der Waals surface area contributed by atoms with Crippen LogP contribution in [0.2, 0.25) is 0 Å². The van der Waals surface area contributed by atoms with Crippen LogP contribution in [0.25, 0.3) is 0 Å². The Kier molecular flexibility index (Phi) is 5.61. The minimum atomic E-state index is -4.90. The topological polar surface area (TPSA) is 57.7 Å². The molecule has 1 aromatic rings. The first-order valence-corrected chi connectivity index (χ1v) is 6.37. The molecule has 1 rings (SSSR count). The predicted molar refractivity (Wildman–Crippen MR) is 65.8 cm³/mol. The normalized spacial score (nSPS) is 11.1. The number of carbonyl (C=O) groups is 1. The van der Waals surface area contributed by atoms with E-state index in [4.69, 9.17) is 4.74 Å². The summed E-state index contributed by atoms with van der Waals surface area (Å²) < 4.78 is 50.0. The van der Waals surface area contributed by atoms with Gasteiger partial charge < -0.3 is 14.2 Å². The van der Waals surface area contributed by atoms with Crippen LogP contribution in [0.4, 0.5) is 13.2 Å². The van der Waals surface area contributed by atoms with Gasteiger partial charge >= 0.3 is 12.3 Å². The average Bonchev–Trinajstić information content (AvgIpc) is 2.37. The van der Waals surface area contributed by atoms with Gasteiger partial charge in [-0.2, -0.15) is 0 Å². The molecule has 1 aromatic heterocycles. The molecule has 0 N–H and O–H groups in total. The molecule has 0 aliphatic rings. The van der Waals surface area contributed by atoms with Crippen LogP contribution in [0.1, 0.15) is 11.1 Å². The van der Waals surface area contributed by atoms with Crippen molar-refractivity contribution < 1.29 is 32.2 Å². The molecule has 0 fully saturated rings. The van der Waals surface area contributed by atoms with E-state index < -0.39 is 18.2 Å². The molecule has 20 heavy (non-hydrogen) atoms. The number of halogens is 4. The van der Waals surface area contributed by atoms with Gasteiger partial charge in [0.2, 0.25) is 0 Å². The second-order valence-corrected chi connectivity index (χ2v) is 4.10. The first-order chi connectivity index (χ1) is 9.32. The number of hydrogen-bond acceptors (Lipinski definition) is 5. The fraction of sp³-hybridized carbons (Fsp3) is 0.455. The lowest BCUT2D eigenvalue weighted by atomic mass is 10.1. The highest BCUT2D eigenvalue weighted by Gasteiger charge is 2.34. The highest BCUT2D eigenvalue weighted by atomic mass is 79.9. The van der Waals surface area contributed by atoms with E-state index in [1.165, 1.54) is 20.4 Å². The summed E-state index contributed by atoms with van der Waals surface area (Å²) in [4.78, 5) is 14.9. The SMILES string of the molecule is COC(=O)Cc1c(CBr)cnc(OC(F)(F)F)c1OC. The Balaban J connectivity index is 3.28. The van der Waals surface area contributed by atoms with Crippen molar-refractivity contribution in [3.8, 4) is 11.6 Å². The number of methoxy groups -OCH3 is 2. The van der Waals surface area contributed by atoms with Gasteiger partial charge in [0.15, 0.2) is 5.75 Å². The zero-order chi connectivity index (χ0) is 15.3. The molecule has 0 saturated heterocycles. The Hall–Kier alpha value is -1.51. The van der Waals surface area contributed by atoms with Gasteiger partial charge in [-0.1, -0.05) is 15.9 Å². The van der Waals surface area contributed by atoms with Crippen LogP contribution in [-0.4, -0.2) is 31.5 Å². The van der Waals surface area contributed by atoms with Crippen LogP contribution in [-0.2, 0) is 21.3 Å². The van der Waals surface area contributed by atoms with Crippen LogP contribution < -0.4 is 9.47 Å². The molecule has 0 saturated carbocycles. The predicted octanol–water partition coefficient (Wildman–Crippen LogP) is 2.60. The average molecular weight is 358 g/mol. The molecule has 1 heterocycles. The maximum absolute atomic E-state index is 12.3. The van der Waals surface area contributed by atoms with E-state index in [1.807, 2.05) is 0 Å². The van der Waals surface area contributed by atoms with Crippen LogP contribution in [0.15, 0.2) is 6.20 Å². The van der Waals surface area contributed by atoms with E-state index in [9.17, 15) is 18.0 Å². The molecule has 0 aliphatic heterocycles. The number of esters is 1. The number of alkyl halides is 4. The summed E-state index contributed by atoms with van der Waals surface area (Å²) in [5.74, 6) is -1.61. The summed E-state index contributed by atoms with van der Waals surface area (Å²) in [6, 6.07) is 0. The van der Waals surface area contributed by atoms with E-state index in [1.54, 1.807) is 0 Å². The van der Waals surface area contributed by atoms with Crippen molar-refractivity contribution >= 4 is 21.9 Å². The van der Waals surface area contributed by atoms with Gasteiger partial charge in [0, 0.05) is 17.1 Å². The summed E-state index contributed by atoms with van der Waals surface area (Å²) in [6.07, 6.45) is -3.98. The Morgan fingerprint density at radius 2 is 2.05 bits per heavy atom. The van der Waals surface area contributed by atoms with Crippen molar-refractivity contribution in [2.75, 3.05) is 14.2 Å². The number of rotatable bonds is 5. The van der Waals surface area contributed by atoms with E-state index in [2.05, 4.69) is 30.4 Å². The molecule has 0 atom stereocenters. The molecule has 0 aromatic carbocycles. The number of ether oxygens (including phenoxy) is 3. The van der Waals surface area contributed by atoms with Crippen molar-refractivity contribution in [1.29, 1.82) is 0 Å². The number of nitrogens with zero attached hydrogens (tertiary/aromatic N) is 1. The zero-order valence-corrected chi connectivity index (χ0v) is 12.2. The van der Waals surface area contributed by atoms with E-state index in [0.29, 0.717) is 5.56 Å². The number of hydrogen-bond donors (Lipinski definition) is 0. The third-order valence-electron chi connectivity index (χ3n) is 2.30. The van der Waals surface area contributed by atoms with E-state index in [0.717, 1.165) is 0 Å². The summed E-state index contributed by atoms with van der Waals surface area (Å²) >= 11 is 3.16. The summed E-state index contributed by atoms with van der Waals surface area (Å²) in [7, 11) is 2.34. The highest BCUT2D eigenvalue weighted by molar-refractivity contribution is 9.08. The van der Waals surface area contributed by atoms with Crippen molar-refractivity contribution in [3.05, 3.63) is 17.3 Å². The summed E-state index contributed by atoms with van der Waals surface area (Å²) in [5, 5.41) is 0.287. The third-order valence-corrected chi connectivity index (χ3v) is 2.91. The monoisotopic (exact) mass is 357 g/mol. The van der Waals surface area contributed by atoms with E-state index >= 15 is 0 Å². The van der Waals surface area contributed by atoms with Crippen LogP contribution >= 0.6 is 15.9 Å². The summed E-state index contributed by atoms with van der Waals surface area (Å²) in [5.41, 5.74) is 0.729. The van der Waals surface area contributed by atoms with Gasteiger partial charge in [-0.05, 0) is 5.56 Å². The molecule has 0 spiro atoms. The van der Waals surface area contributed by atoms with Gasteiger partial charge in [-0.3, -0.25) is 4.79 Å². The third kappa shape index (κ3) is 4.26. The Morgan fingerprint density at radius 3 is 2.50 bits per heavy atom.